The molecule has 21 heavy (non-hydrogen) atoms. The first-order valence-corrected chi connectivity index (χ1v) is 9.42. The van der Waals surface area contributed by atoms with Crippen LogP contribution in [0.25, 0.3) is 0 Å². The molecular weight excluding hydrogens is 276 g/mol. The quantitative estimate of drug-likeness (QED) is 0.621. The molecule has 0 N–H and O–H groups in total. The van der Waals surface area contributed by atoms with Crippen molar-refractivity contribution in [3.05, 3.63) is 29.8 Å². The van der Waals surface area contributed by atoms with E-state index in [1.54, 1.807) is 0 Å². The lowest BCUT2D eigenvalue weighted by Gasteiger charge is -2.21. The van der Waals surface area contributed by atoms with Crippen molar-refractivity contribution in [3.63, 3.8) is 0 Å². The molecule has 0 bridgehead atoms. The van der Waals surface area contributed by atoms with E-state index in [9.17, 15) is 0 Å². The molecule has 1 aliphatic heterocycles. The highest BCUT2D eigenvalue weighted by molar-refractivity contribution is 8.00. The molecule has 0 saturated carbocycles. The summed E-state index contributed by atoms with van der Waals surface area (Å²) in [6.45, 7) is 9.95. The van der Waals surface area contributed by atoms with E-state index in [1.165, 1.54) is 31.2 Å². The number of thioether (sulfide) groups is 1. The van der Waals surface area contributed by atoms with Gasteiger partial charge in [0.05, 0.1) is 6.61 Å². The van der Waals surface area contributed by atoms with Crippen LogP contribution in [0.2, 0.25) is 0 Å². The van der Waals surface area contributed by atoms with E-state index in [0.717, 1.165) is 28.8 Å². The maximum atomic E-state index is 5.61. The number of hydrogen-bond donors (Lipinski definition) is 0. The first-order valence-electron chi connectivity index (χ1n) is 8.48. The van der Waals surface area contributed by atoms with Crippen molar-refractivity contribution >= 4 is 11.8 Å². The van der Waals surface area contributed by atoms with E-state index in [2.05, 4.69) is 56.8 Å². The Morgan fingerprint density at radius 2 is 2.05 bits per heavy atom. The maximum Gasteiger partial charge on any atom is 0.119 e. The standard InChI is InChI=1S/C19H30OS/c1-5-20-18-8-6-7-17(13-18)14(2)9-10-15(3)19-12-11-16(4)21-19/h6-8,13-16,19H,5,9-12H2,1-4H3. The zero-order valence-corrected chi connectivity index (χ0v) is 14.8. The van der Waals surface area contributed by atoms with Crippen LogP contribution in [0.15, 0.2) is 24.3 Å². The van der Waals surface area contributed by atoms with Gasteiger partial charge < -0.3 is 4.74 Å². The first-order chi connectivity index (χ1) is 10.1. The van der Waals surface area contributed by atoms with Crippen molar-refractivity contribution in [2.45, 2.75) is 69.8 Å². The minimum atomic E-state index is 0.622. The van der Waals surface area contributed by atoms with E-state index in [4.69, 9.17) is 4.74 Å². The molecule has 0 aliphatic carbocycles. The van der Waals surface area contributed by atoms with Gasteiger partial charge in [0.1, 0.15) is 5.75 Å². The third-order valence-corrected chi connectivity index (χ3v) is 6.44. The molecule has 1 aromatic carbocycles. The van der Waals surface area contributed by atoms with Crippen LogP contribution in [0.1, 0.15) is 64.9 Å². The van der Waals surface area contributed by atoms with Crippen LogP contribution in [0, 0.1) is 5.92 Å². The maximum absolute atomic E-state index is 5.61. The average molecular weight is 307 g/mol. The molecule has 0 spiro atoms. The molecule has 0 radical (unpaired) electrons. The Morgan fingerprint density at radius 1 is 1.24 bits per heavy atom. The summed E-state index contributed by atoms with van der Waals surface area (Å²) in [6.07, 6.45) is 5.44. The molecule has 1 fully saturated rings. The fraction of sp³-hybridized carbons (Fsp3) is 0.684. The minimum absolute atomic E-state index is 0.622. The van der Waals surface area contributed by atoms with Gasteiger partial charge in [0, 0.05) is 10.5 Å². The Bertz CT molecular complexity index is 431. The van der Waals surface area contributed by atoms with Gasteiger partial charge in [-0.2, -0.15) is 11.8 Å². The fourth-order valence-corrected chi connectivity index (χ4v) is 4.74. The Labute approximate surface area is 134 Å². The Morgan fingerprint density at radius 3 is 2.71 bits per heavy atom. The third kappa shape index (κ3) is 4.95. The lowest BCUT2D eigenvalue weighted by molar-refractivity contribution is 0.339. The Hall–Kier alpha value is -0.630. The summed E-state index contributed by atoms with van der Waals surface area (Å²) in [6, 6.07) is 8.63. The molecule has 1 saturated heterocycles. The SMILES string of the molecule is CCOc1cccc(C(C)CCC(C)C2CCC(C)S2)c1. The van der Waals surface area contributed by atoms with Gasteiger partial charge in [-0.3, -0.25) is 0 Å². The van der Waals surface area contributed by atoms with Crippen LogP contribution in [-0.2, 0) is 0 Å². The number of hydrogen-bond acceptors (Lipinski definition) is 2. The van der Waals surface area contributed by atoms with Crippen LogP contribution >= 0.6 is 11.8 Å². The molecule has 4 unspecified atom stereocenters. The Kier molecular flexibility index (Phi) is 6.47. The second kappa shape index (κ2) is 8.12. The summed E-state index contributed by atoms with van der Waals surface area (Å²) in [5.41, 5.74) is 1.42. The number of rotatable bonds is 7. The van der Waals surface area contributed by atoms with Crippen molar-refractivity contribution in [2.24, 2.45) is 5.92 Å². The third-order valence-electron chi connectivity index (χ3n) is 4.69. The topological polar surface area (TPSA) is 9.23 Å². The second-order valence-corrected chi connectivity index (χ2v) is 8.21. The molecule has 2 rings (SSSR count). The van der Waals surface area contributed by atoms with Gasteiger partial charge in [0.15, 0.2) is 0 Å². The highest BCUT2D eigenvalue weighted by Gasteiger charge is 2.26. The van der Waals surface area contributed by atoms with E-state index in [0.29, 0.717) is 5.92 Å². The van der Waals surface area contributed by atoms with Crippen LogP contribution in [0.4, 0.5) is 0 Å². The summed E-state index contributed by atoms with van der Waals surface area (Å²) in [7, 11) is 0. The lowest BCUT2D eigenvalue weighted by Crippen LogP contribution is -2.12. The second-order valence-electron chi connectivity index (χ2n) is 6.52. The smallest absolute Gasteiger partial charge is 0.119 e. The molecule has 2 heteroatoms. The summed E-state index contributed by atoms with van der Waals surface area (Å²) in [4.78, 5) is 0. The molecule has 0 aromatic heterocycles. The molecule has 1 aromatic rings. The van der Waals surface area contributed by atoms with Gasteiger partial charge in [0.25, 0.3) is 0 Å². The summed E-state index contributed by atoms with van der Waals surface area (Å²) >= 11 is 2.21. The highest BCUT2D eigenvalue weighted by Crippen LogP contribution is 2.39. The molecule has 4 atom stereocenters. The van der Waals surface area contributed by atoms with Crippen molar-refractivity contribution in [3.8, 4) is 5.75 Å². The van der Waals surface area contributed by atoms with Gasteiger partial charge in [-0.05, 0) is 62.1 Å². The largest absolute Gasteiger partial charge is 0.494 e. The fourth-order valence-electron chi connectivity index (χ4n) is 3.20. The normalized spacial score (nSPS) is 24.8. The lowest BCUT2D eigenvalue weighted by atomic mass is 9.90. The summed E-state index contributed by atoms with van der Waals surface area (Å²) in [5.74, 6) is 2.48. The molecule has 1 nitrogen and oxygen atoms in total. The van der Waals surface area contributed by atoms with Crippen molar-refractivity contribution < 1.29 is 4.74 Å². The van der Waals surface area contributed by atoms with Crippen LogP contribution < -0.4 is 4.74 Å². The van der Waals surface area contributed by atoms with E-state index < -0.39 is 0 Å². The Balaban J connectivity index is 1.83. The van der Waals surface area contributed by atoms with E-state index >= 15 is 0 Å². The molecule has 1 heterocycles. The molecule has 0 amide bonds. The average Bonchev–Trinajstić information content (AvgIpc) is 2.92. The minimum Gasteiger partial charge on any atom is -0.494 e. The zero-order valence-electron chi connectivity index (χ0n) is 14.0. The van der Waals surface area contributed by atoms with Gasteiger partial charge in [-0.25, -0.2) is 0 Å². The predicted molar refractivity (Wildman–Crippen MR) is 94.5 cm³/mol. The van der Waals surface area contributed by atoms with Gasteiger partial charge in [-0.1, -0.05) is 32.9 Å². The van der Waals surface area contributed by atoms with E-state index in [-0.39, 0.29) is 0 Å². The number of ether oxygens (including phenoxy) is 1. The summed E-state index contributed by atoms with van der Waals surface area (Å²) in [5, 5.41) is 1.76. The van der Waals surface area contributed by atoms with Crippen LogP contribution in [0.5, 0.6) is 5.75 Å². The van der Waals surface area contributed by atoms with Gasteiger partial charge in [0.2, 0.25) is 0 Å². The predicted octanol–water partition coefficient (Wildman–Crippen LogP) is 5.89. The molecular formula is C19H30OS. The number of benzene rings is 1. The van der Waals surface area contributed by atoms with Crippen molar-refractivity contribution in [1.82, 2.24) is 0 Å². The monoisotopic (exact) mass is 306 g/mol. The van der Waals surface area contributed by atoms with Gasteiger partial charge >= 0.3 is 0 Å². The highest BCUT2D eigenvalue weighted by atomic mass is 32.2. The molecule has 1 aliphatic rings. The van der Waals surface area contributed by atoms with Crippen molar-refractivity contribution in [1.29, 1.82) is 0 Å². The first kappa shape index (κ1) is 16.7. The van der Waals surface area contributed by atoms with Gasteiger partial charge in [-0.15, -0.1) is 0 Å². The van der Waals surface area contributed by atoms with Crippen molar-refractivity contribution in [2.75, 3.05) is 6.61 Å². The van der Waals surface area contributed by atoms with E-state index in [1.807, 2.05) is 6.92 Å². The van der Waals surface area contributed by atoms with Crippen LogP contribution in [-0.4, -0.2) is 17.1 Å². The summed E-state index contributed by atoms with van der Waals surface area (Å²) < 4.78 is 5.61. The molecule has 118 valence electrons. The zero-order chi connectivity index (χ0) is 15.2. The van der Waals surface area contributed by atoms with Crippen LogP contribution in [0.3, 0.4) is 0 Å².